The van der Waals surface area contributed by atoms with Crippen LogP contribution in [0.5, 0.6) is 0 Å². The number of benzene rings is 1. The monoisotopic (exact) mass is 287 g/mol. The topological polar surface area (TPSA) is 29.9 Å². The first kappa shape index (κ1) is 13.6. The molecular formula is C16H21N3S. The van der Waals surface area contributed by atoms with Crippen molar-refractivity contribution in [2.75, 3.05) is 18.1 Å². The van der Waals surface area contributed by atoms with Gasteiger partial charge in [0.15, 0.2) is 0 Å². The third-order valence-electron chi connectivity index (χ3n) is 3.84. The van der Waals surface area contributed by atoms with Gasteiger partial charge < -0.3 is 5.32 Å². The van der Waals surface area contributed by atoms with Crippen molar-refractivity contribution in [1.82, 2.24) is 9.78 Å². The van der Waals surface area contributed by atoms with Crippen LogP contribution in [0.15, 0.2) is 24.3 Å². The van der Waals surface area contributed by atoms with Gasteiger partial charge in [-0.3, -0.25) is 0 Å². The molecule has 1 aliphatic heterocycles. The molecular weight excluding hydrogens is 266 g/mol. The second-order valence-electron chi connectivity index (χ2n) is 5.29. The number of anilines is 1. The van der Waals surface area contributed by atoms with Crippen LogP contribution < -0.4 is 5.32 Å². The molecule has 1 aromatic carbocycles. The zero-order valence-electron chi connectivity index (χ0n) is 12.1. The normalized spacial score (nSPS) is 14.5. The van der Waals surface area contributed by atoms with Crippen LogP contribution >= 0.6 is 11.8 Å². The Morgan fingerprint density at radius 1 is 1.30 bits per heavy atom. The van der Waals surface area contributed by atoms with E-state index >= 15 is 0 Å². The Hall–Kier alpha value is -1.42. The molecule has 0 spiro atoms. The van der Waals surface area contributed by atoms with Crippen molar-refractivity contribution < 1.29 is 0 Å². The van der Waals surface area contributed by atoms with E-state index < -0.39 is 0 Å². The summed E-state index contributed by atoms with van der Waals surface area (Å²) in [6.45, 7) is 3.19. The molecule has 0 bridgehead atoms. The zero-order valence-corrected chi connectivity index (χ0v) is 13.0. The second kappa shape index (κ2) is 5.92. The highest BCUT2D eigenvalue weighted by molar-refractivity contribution is 7.97. The molecule has 1 N–H and O–H groups in total. The highest BCUT2D eigenvalue weighted by Crippen LogP contribution is 2.30. The number of rotatable bonds is 3. The van der Waals surface area contributed by atoms with Crippen LogP contribution in [0.4, 0.5) is 5.82 Å². The lowest BCUT2D eigenvalue weighted by atomic mass is 10.1. The van der Waals surface area contributed by atoms with Crippen LogP contribution in [0.1, 0.15) is 29.7 Å². The van der Waals surface area contributed by atoms with Gasteiger partial charge in [0, 0.05) is 17.9 Å². The van der Waals surface area contributed by atoms with Crippen molar-refractivity contribution in [1.29, 1.82) is 0 Å². The predicted octanol–water partition coefficient (Wildman–Crippen LogP) is 3.79. The van der Waals surface area contributed by atoms with E-state index in [2.05, 4.69) is 47.4 Å². The van der Waals surface area contributed by atoms with Crippen molar-refractivity contribution in [3.63, 3.8) is 0 Å². The van der Waals surface area contributed by atoms with E-state index in [0.29, 0.717) is 0 Å². The summed E-state index contributed by atoms with van der Waals surface area (Å²) in [6.07, 6.45) is 5.77. The van der Waals surface area contributed by atoms with Crippen LogP contribution in [0.3, 0.4) is 0 Å². The van der Waals surface area contributed by atoms with Crippen molar-refractivity contribution in [3.05, 3.63) is 41.1 Å². The summed E-state index contributed by atoms with van der Waals surface area (Å²) >= 11 is 1.84. The van der Waals surface area contributed by atoms with E-state index in [-0.39, 0.29) is 0 Å². The fourth-order valence-electron chi connectivity index (χ4n) is 2.80. The van der Waals surface area contributed by atoms with Gasteiger partial charge in [-0.25, -0.2) is 4.68 Å². The molecule has 0 saturated carbocycles. The molecule has 3 nitrogen and oxygen atoms in total. The summed E-state index contributed by atoms with van der Waals surface area (Å²) < 4.78 is 2.11. The Morgan fingerprint density at radius 2 is 2.15 bits per heavy atom. The Morgan fingerprint density at radius 3 is 2.95 bits per heavy atom. The predicted molar refractivity (Wildman–Crippen MR) is 86.9 cm³/mol. The van der Waals surface area contributed by atoms with E-state index in [9.17, 15) is 0 Å². The van der Waals surface area contributed by atoms with Crippen LogP contribution in [-0.2, 0) is 12.2 Å². The third-order valence-corrected chi connectivity index (χ3v) is 4.40. The molecule has 3 rings (SSSR count). The van der Waals surface area contributed by atoms with Crippen LogP contribution in [0.25, 0.3) is 5.69 Å². The van der Waals surface area contributed by atoms with Gasteiger partial charge in [-0.05, 0) is 44.1 Å². The maximum atomic E-state index is 4.89. The summed E-state index contributed by atoms with van der Waals surface area (Å²) in [5, 5.41) is 8.48. The molecule has 2 aromatic rings. The fraction of sp³-hybridized carbons (Fsp3) is 0.438. The molecule has 0 saturated heterocycles. The minimum absolute atomic E-state index is 0.989. The molecule has 0 atom stereocenters. The van der Waals surface area contributed by atoms with Gasteiger partial charge in [-0.1, -0.05) is 18.2 Å². The Labute approximate surface area is 124 Å². The summed E-state index contributed by atoms with van der Waals surface area (Å²) in [5.74, 6) is 2.20. The summed E-state index contributed by atoms with van der Waals surface area (Å²) in [5.41, 5.74) is 5.11. The summed E-state index contributed by atoms with van der Waals surface area (Å²) in [4.78, 5) is 0. The molecule has 20 heavy (non-hydrogen) atoms. The van der Waals surface area contributed by atoms with E-state index in [1.807, 2.05) is 11.8 Å². The average Bonchev–Trinajstić information content (AvgIpc) is 2.64. The first-order valence-electron chi connectivity index (χ1n) is 7.21. The minimum Gasteiger partial charge on any atom is -0.370 e. The van der Waals surface area contributed by atoms with E-state index in [4.69, 9.17) is 5.10 Å². The van der Waals surface area contributed by atoms with Crippen LogP contribution in [0.2, 0.25) is 0 Å². The largest absolute Gasteiger partial charge is 0.370 e. The molecule has 2 heterocycles. The first-order valence-corrected chi connectivity index (χ1v) is 8.60. The molecule has 0 aliphatic carbocycles. The number of fused-ring (bicyclic) bond motifs is 1. The molecule has 4 heteroatoms. The molecule has 0 fully saturated rings. The fourth-order valence-corrected chi connectivity index (χ4v) is 3.31. The Kier molecular flexibility index (Phi) is 4.01. The second-order valence-corrected chi connectivity index (χ2v) is 6.16. The van der Waals surface area contributed by atoms with Gasteiger partial charge in [0.1, 0.15) is 5.82 Å². The van der Waals surface area contributed by atoms with Crippen molar-refractivity contribution >= 4 is 17.6 Å². The number of nitrogens with zero attached hydrogens (tertiary/aromatic N) is 2. The number of thioether (sulfide) groups is 1. The summed E-state index contributed by atoms with van der Waals surface area (Å²) in [6, 6.07) is 8.46. The van der Waals surface area contributed by atoms with E-state index in [1.165, 1.54) is 41.2 Å². The number of hydrogen-bond acceptors (Lipinski definition) is 3. The molecule has 1 aromatic heterocycles. The number of hydrogen-bond donors (Lipinski definition) is 1. The molecule has 0 unspecified atom stereocenters. The number of aryl methyl sites for hydroxylation is 1. The number of para-hydroxylation sites is 1. The Balaban J connectivity index is 2.13. The smallest absolute Gasteiger partial charge is 0.133 e. The van der Waals surface area contributed by atoms with E-state index in [0.717, 1.165) is 18.7 Å². The molecule has 0 amide bonds. The lowest BCUT2D eigenvalue weighted by molar-refractivity contribution is 0.771. The van der Waals surface area contributed by atoms with Crippen molar-refractivity contribution in [3.8, 4) is 5.69 Å². The first-order chi connectivity index (χ1) is 9.81. The third kappa shape index (κ3) is 2.44. The average molecular weight is 287 g/mol. The number of nitrogens with one attached hydrogen (secondary N) is 1. The van der Waals surface area contributed by atoms with Crippen LogP contribution in [-0.4, -0.2) is 22.6 Å². The van der Waals surface area contributed by atoms with Gasteiger partial charge >= 0.3 is 0 Å². The minimum atomic E-state index is 0.989. The standard InChI is InChI=1S/C16H21N3S/c1-12-7-3-4-9-15(12)19-16-13(8-5-6-10-17-16)14(18-19)11-20-2/h3-4,7,9,17H,5-6,8,10-11H2,1-2H3. The van der Waals surface area contributed by atoms with Gasteiger partial charge in [0.2, 0.25) is 0 Å². The van der Waals surface area contributed by atoms with Gasteiger partial charge in [-0.15, -0.1) is 0 Å². The van der Waals surface area contributed by atoms with Crippen molar-refractivity contribution in [2.45, 2.75) is 31.9 Å². The Bertz CT molecular complexity index is 604. The lowest BCUT2D eigenvalue weighted by Gasteiger charge is -2.11. The molecule has 1 aliphatic rings. The lowest BCUT2D eigenvalue weighted by Crippen LogP contribution is -2.08. The SMILES string of the molecule is CSCc1nn(-c2ccccc2C)c2c1CCCCN2. The van der Waals surface area contributed by atoms with Gasteiger partial charge in [-0.2, -0.15) is 16.9 Å². The van der Waals surface area contributed by atoms with Crippen molar-refractivity contribution in [2.24, 2.45) is 0 Å². The van der Waals surface area contributed by atoms with E-state index in [1.54, 1.807) is 0 Å². The zero-order chi connectivity index (χ0) is 13.9. The quantitative estimate of drug-likeness (QED) is 0.931. The summed E-state index contributed by atoms with van der Waals surface area (Å²) in [7, 11) is 0. The van der Waals surface area contributed by atoms with Crippen LogP contribution in [0, 0.1) is 6.92 Å². The maximum Gasteiger partial charge on any atom is 0.133 e. The number of aromatic nitrogens is 2. The molecule has 0 radical (unpaired) electrons. The highest BCUT2D eigenvalue weighted by Gasteiger charge is 2.20. The van der Waals surface area contributed by atoms with Gasteiger partial charge in [0.25, 0.3) is 0 Å². The molecule has 106 valence electrons. The maximum absolute atomic E-state index is 4.89. The van der Waals surface area contributed by atoms with Gasteiger partial charge in [0.05, 0.1) is 11.4 Å². The highest BCUT2D eigenvalue weighted by atomic mass is 32.2.